The van der Waals surface area contributed by atoms with Gasteiger partial charge in [0.25, 0.3) is 0 Å². The molecule has 1 saturated carbocycles. The number of benzene rings is 1. The summed E-state index contributed by atoms with van der Waals surface area (Å²) in [6, 6.07) is 13.0. The first-order valence-corrected chi connectivity index (χ1v) is 9.45. The zero-order valence-corrected chi connectivity index (χ0v) is 15.0. The molecule has 0 amide bonds. The van der Waals surface area contributed by atoms with Gasteiger partial charge in [-0.15, -0.1) is 11.3 Å². The van der Waals surface area contributed by atoms with Gasteiger partial charge in [0.2, 0.25) is 0 Å². The number of carbonyl (C=O) groups is 2. The molecule has 1 heterocycles. The number of aryl methyl sites for hydroxylation is 1. The summed E-state index contributed by atoms with van der Waals surface area (Å²) >= 11 is 1.27. The van der Waals surface area contributed by atoms with Crippen LogP contribution in [0.4, 0.5) is 0 Å². The number of hydrogen-bond donors (Lipinski definition) is 2. The van der Waals surface area contributed by atoms with Gasteiger partial charge in [-0.1, -0.05) is 30.0 Å². The average Bonchev–Trinajstić information content (AvgIpc) is 3.19. The van der Waals surface area contributed by atoms with Crippen molar-refractivity contribution in [2.75, 3.05) is 0 Å². The number of ketones is 1. The number of hydrogen-bond acceptors (Lipinski definition) is 4. The third-order valence-electron chi connectivity index (χ3n) is 4.64. The fraction of sp³-hybridized carbons (Fsp3) is 0.333. The molecule has 1 fully saturated rings. The SMILES string of the molecule is O=C(O)c1ccc(CCC[C@@H]2C(=O)CC(O)C2C#Cc2ccccc2)s1. The van der Waals surface area contributed by atoms with Gasteiger partial charge in [-0.25, -0.2) is 4.79 Å². The van der Waals surface area contributed by atoms with Crippen molar-refractivity contribution in [2.24, 2.45) is 11.8 Å². The van der Waals surface area contributed by atoms with Crippen LogP contribution >= 0.6 is 11.3 Å². The van der Waals surface area contributed by atoms with Gasteiger partial charge >= 0.3 is 5.97 Å². The van der Waals surface area contributed by atoms with Crippen molar-refractivity contribution in [1.82, 2.24) is 0 Å². The molecule has 0 aliphatic heterocycles. The Bertz CT molecular complexity index is 844. The van der Waals surface area contributed by atoms with Crippen molar-refractivity contribution in [3.63, 3.8) is 0 Å². The standard InChI is InChI=1S/C21H20O4S/c22-18-13-19(23)17(11-9-14-5-2-1-3-6-14)16(18)8-4-7-15-10-12-20(26-15)21(24)25/h1-3,5-6,10,12,16-17,19,23H,4,7-8,13H2,(H,24,25)/t16-,17?,19?/m0/s1. The van der Waals surface area contributed by atoms with Crippen molar-refractivity contribution < 1.29 is 19.8 Å². The smallest absolute Gasteiger partial charge is 0.345 e. The number of Topliss-reactive ketones (excluding diaryl/α,β-unsaturated/α-hetero) is 1. The van der Waals surface area contributed by atoms with Crippen molar-refractivity contribution in [3.05, 3.63) is 57.8 Å². The lowest BCUT2D eigenvalue weighted by Gasteiger charge is -2.15. The molecule has 26 heavy (non-hydrogen) atoms. The highest BCUT2D eigenvalue weighted by Crippen LogP contribution is 2.33. The molecule has 2 aromatic rings. The van der Waals surface area contributed by atoms with Gasteiger partial charge in [-0.3, -0.25) is 4.79 Å². The van der Waals surface area contributed by atoms with Crippen LogP contribution in [-0.4, -0.2) is 28.1 Å². The fourth-order valence-electron chi connectivity index (χ4n) is 3.30. The lowest BCUT2D eigenvalue weighted by Crippen LogP contribution is -2.19. The van der Waals surface area contributed by atoms with Gasteiger partial charge in [0.05, 0.1) is 12.0 Å². The first-order chi connectivity index (χ1) is 12.5. The Kier molecular flexibility index (Phi) is 5.87. The van der Waals surface area contributed by atoms with E-state index in [1.807, 2.05) is 36.4 Å². The first-order valence-electron chi connectivity index (χ1n) is 8.64. The summed E-state index contributed by atoms with van der Waals surface area (Å²) in [5, 5.41) is 19.2. The molecule has 0 spiro atoms. The second kappa shape index (κ2) is 8.31. The minimum absolute atomic E-state index is 0.0715. The zero-order valence-electron chi connectivity index (χ0n) is 14.2. The number of aliphatic hydroxyl groups excluding tert-OH is 1. The zero-order chi connectivity index (χ0) is 18.5. The first kappa shape index (κ1) is 18.4. The molecule has 4 nitrogen and oxygen atoms in total. The predicted octanol–water partition coefficient (Wildman–Crippen LogP) is 3.39. The monoisotopic (exact) mass is 368 g/mol. The number of aromatic carboxylic acids is 1. The second-order valence-electron chi connectivity index (χ2n) is 6.47. The quantitative estimate of drug-likeness (QED) is 0.794. The van der Waals surface area contributed by atoms with E-state index in [2.05, 4.69) is 11.8 Å². The lowest BCUT2D eigenvalue weighted by atomic mass is 9.89. The van der Waals surface area contributed by atoms with Crippen LogP contribution in [0.25, 0.3) is 0 Å². The highest BCUT2D eigenvalue weighted by Gasteiger charge is 2.40. The maximum absolute atomic E-state index is 12.2. The average molecular weight is 368 g/mol. The maximum Gasteiger partial charge on any atom is 0.345 e. The van der Waals surface area contributed by atoms with Crippen LogP contribution in [0, 0.1) is 23.7 Å². The van der Waals surface area contributed by atoms with E-state index < -0.39 is 12.1 Å². The molecule has 1 aliphatic rings. The summed E-state index contributed by atoms with van der Waals surface area (Å²) in [7, 11) is 0. The largest absolute Gasteiger partial charge is 0.477 e. The molecule has 0 bridgehead atoms. The molecule has 5 heteroatoms. The molecule has 1 aromatic carbocycles. The molecule has 3 atom stereocenters. The van der Waals surface area contributed by atoms with Gasteiger partial charge in [0.1, 0.15) is 10.7 Å². The molecule has 0 radical (unpaired) electrons. The molecular weight excluding hydrogens is 348 g/mol. The van der Waals surface area contributed by atoms with E-state index in [1.54, 1.807) is 6.07 Å². The Morgan fingerprint density at radius 3 is 2.65 bits per heavy atom. The van der Waals surface area contributed by atoms with E-state index in [4.69, 9.17) is 5.11 Å². The Labute approximate surface area is 156 Å². The van der Waals surface area contributed by atoms with E-state index >= 15 is 0 Å². The van der Waals surface area contributed by atoms with Gasteiger partial charge in [-0.05, 0) is 43.5 Å². The summed E-state index contributed by atoms with van der Waals surface area (Å²) < 4.78 is 0. The van der Waals surface area contributed by atoms with Crippen LogP contribution in [-0.2, 0) is 11.2 Å². The van der Waals surface area contributed by atoms with Crippen LogP contribution in [0.15, 0.2) is 42.5 Å². The predicted molar refractivity (Wildman–Crippen MR) is 100 cm³/mol. The summed E-state index contributed by atoms with van der Waals surface area (Å²) in [4.78, 5) is 24.5. The van der Waals surface area contributed by atoms with Crippen LogP contribution in [0.1, 0.15) is 39.4 Å². The molecular formula is C21H20O4S. The highest BCUT2D eigenvalue weighted by molar-refractivity contribution is 7.13. The molecule has 3 rings (SSSR count). The maximum atomic E-state index is 12.2. The summed E-state index contributed by atoms with van der Waals surface area (Å²) in [5.41, 5.74) is 0.873. The van der Waals surface area contributed by atoms with Gasteiger partial charge in [0, 0.05) is 22.8 Å². The van der Waals surface area contributed by atoms with Crippen LogP contribution in [0.2, 0.25) is 0 Å². The highest BCUT2D eigenvalue weighted by atomic mass is 32.1. The van der Waals surface area contributed by atoms with Gasteiger partial charge < -0.3 is 10.2 Å². The Morgan fingerprint density at radius 2 is 1.96 bits per heavy atom. The second-order valence-corrected chi connectivity index (χ2v) is 7.64. The Balaban J connectivity index is 1.62. The van der Waals surface area contributed by atoms with E-state index in [-0.39, 0.29) is 24.0 Å². The third kappa shape index (κ3) is 4.40. The van der Waals surface area contributed by atoms with E-state index in [9.17, 15) is 14.7 Å². The minimum Gasteiger partial charge on any atom is -0.477 e. The molecule has 134 valence electrons. The number of rotatable bonds is 5. The summed E-state index contributed by atoms with van der Waals surface area (Å²) in [5.74, 6) is 4.74. The third-order valence-corrected chi connectivity index (χ3v) is 5.77. The van der Waals surface area contributed by atoms with Crippen molar-refractivity contribution in [3.8, 4) is 11.8 Å². The van der Waals surface area contributed by atoms with Crippen LogP contribution in [0.3, 0.4) is 0 Å². The van der Waals surface area contributed by atoms with E-state index in [0.717, 1.165) is 23.3 Å². The topological polar surface area (TPSA) is 74.6 Å². The molecule has 1 aromatic heterocycles. The summed E-state index contributed by atoms with van der Waals surface area (Å²) in [6.07, 6.45) is 1.62. The molecule has 2 unspecified atom stereocenters. The number of carboxylic acid groups (broad SMARTS) is 1. The van der Waals surface area contributed by atoms with Crippen molar-refractivity contribution in [2.45, 2.75) is 31.8 Å². The number of carboxylic acids is 1. The van der Waals surface area contributed by atoms with Gasteiger partial charge in [0.15, 0.2) is 0 Å². The fourth-order valence-corrected chi connectivity index (χ4v) is 4.19. The summed E-state index contributed by atoms with van der Waals surface area (Å²) in [6.45, 7) is 0. The minimum atomic E-state index is -0.911. The van der Waals surface area contributed by atoms with Crippen molar-refractivity contribution >= 4 is 23.1 Å². The number of thiophene rings is 1. The number of carbonyl (C=O) groups excluding carboxylic acids is 1. The van der Waals surface area contributed by atoms with E-state index in [0.29, 0.717) is 11.3 Å². The van der Waals surface area contributed by atoms with Gasteiger partial charge in [-0.2, -0.15) is 0 Å². The molecule has 1 aliphatic carbocycles. The Morgan fingerprint density at radius 1 is 1.19 bits per heavy atom. The van der Waals surface area contributed by atoms with Crippen molar-refractivity contribution in [1.29, 1.82) is 0 Å². The van der Waals surface area contributed by atoms with E-state index in [1.165, 1.54) is 11.3 Å². The number of aliphatic hydroxyl groups is 1. The normalized spacial score (nSPS) is 22.0. The Hall–Kier alpha value is -2.42. The molecule has 0 saturated heterocycles. The van der Waals surface area contributed by atoms with Crippen LogP contribution < -0.4 is 0 Å². The molecule has 2 N–H and O–H groups in total. The lowest BCUT2D eigenvalue weighted by molar-refractivity contribution is -0.121. The van der Waals surface area contributed by atoms with Crippen LogP contribution in [0.5, 0.6) is 0 Å².